The maximum atomic E-state index is 12.8. The Balaban J connectivity index is 1.99. The molecule has 2 aromatic carbocycles. The summed E-state index contributed by atoms with van der Waals surface area (Å²) in [4.78, 5) is 11.7. The molecule has 2 rings (SSSR count). The van der Waals surface area contributed by atoms with Gasteiger partial charge < -0.3 is 10.6 Å². The summed E-state index contributed by atoms with van der Waals surface area (Å²) in [6, 6.07) is 11.7. The first-order valence-corrected chi connectivity index (χ1v) is 6.63. The third-order valence-electron chi connectivity index (χ3n) is 3.05. The molecule has 0 aromatic heterocycles. The number of urea groups is 1. The maximum Gasteiger partial charge on any atom is 0.418 e. The van der Waals surface area contributed by atoms with Crippen molar-refractivity contribution in [3.8, 4) is 0 Å². The van der Waals surface area contributed by atoms with Crippen molar-refractivity contribution in [3.05, 3.63) is 65.2 Å². The number of amides is 2. The minimum Gasteiger partial charge on any atom is -0.334 e. The predicted octanol–water partition coefficient (Wildman–Crippen LogP) is 4.34. The Morgan fingerprint density at radius 2 is 1.68 bits per heavy atom. The van der Waals surface area contributed by atoms with Crippen molar-refractivity contribution in [2.45, 2.75) is 19.6 Å². The summed E-state index contributed by atoms with van der Waals surface area (Å²) in [6.07, 6.45) is -4.51. The highest BCUT2D eigenvalue weighted by atomic mass is 19.4. The Morgan fingerprint density at radius 3 is 2.32 bits per heavy atom. The molecule has 116 valence electrons. The van der Waals surface area contributed by atoms with Gasteiger partial charge >= 0.3 is 12.2 Å². The topological polar surface area (TPSA) is 41.1 Å². The molecule has 0 heterocycles. The largest absolute Gasteiger partial charge is 0.418 e. The quantitative estimate of drug-likeness (QED) is 0.870. The molecule has 2 N–H and O–H groups in total. The van der Waals surface area contributed by atoms with Gasteiger partial charge in [-0.2, -0.15) is 13.2 Å². The Bertz CT molecular complexity index is 651. The Hall–Kier alpha value is -2.50. The van der Waals surface area contributed by atoms with Gasteiger partial charge in [0.1, 0.15) is 0 Å². The molecule has 2 aromatic rings. The Kier molecular flexibility index (Phi) is 4.70. The van der Waals surface area contributed by atoms with Crippen molar-refractivity contribution in [2.24, 2.45) is 0 Å². The molecule has 0 aliphatic heterocycles. The van der Waals surface area contributed by atoms with Crippen LogP contribution < -0.4 is 10.6 Å². The van der Waals surface area contributed by atoms with Gasteiger partial charge in [0.05, 0.1) is 11.3 Å². The van der Waals surface area contributed by atoms with Gasteiger partial charge in [-0.1, -0.05) is 42.0 Å². The van der Waals surface area contributed by atoms with Crippen LogP contribution in [0.3, 0.4) is 0 Å². The third kappa shape index (κ3) is 4.25. The maximum absolute atomic E-state index is 12.8. The van der Waals surface area contributed by atoms with Gasteiger partial charge in [-0.15, -0.1) is 0 Å². The van der Waals surface area contributed by atoms with Gasteiger partial charge in [-0.05, 0) is 24.6 Å². The van der Waals surface area contributed by atoms with Crippen LogP contribution in [0.2, 0.25) is 0 Å². The van der Waals surface area contributed by atoms with Gasteiger partial charge in [0.25, 0.3) is 0 Å². The van der Waals surface area contributed by atoms with Crippen LogP contribution in [0.1, 0.15) is 16.7 Å². The average molecular weight is 308 g/mol. The molecule has 6 heteroatoms. The van der Waals surface area contributed by atoms with Gasteiger partial charge in [0.2, 0.25) is 0 Å². The van der Waals surface area contributed by atoms with Crippen LogP contribution >= 0.6 is 0 Å². The number of hydrogen-bond donors (Lipinski definition) is 2. The minimum atomic E-state index is -4.51. The second-order valence-electron chi connectivity index (χ2n) is 4.84. The number of halogens is 3. The summed E-state index contributed by atoms with van der Waals surface area (Å²) in [5, 5.41) is 4.76. The van der Waals surface area contributed by atoms with Crippen molar-refractivity contribution in [1.29, 1.82) is 0 Å². The van der Waals surface area contributed by atoms with Crippen LogP contribution in [0.4, 0.5) is 23.7 Å². The van der Waals surface area contributed by atoms with E-state index < -0.39 is 17.8 Å². The molecule has 0 fully saturated rings. The smallest absolute Gasteiger partial charge is 0.334 e. The molecule has 0 bridgehead atoms. The van der Waals surface area contributed by atoms with E-state index in [0.717, 1.165) is 17.2 Å². The first-order chi connectivity index (χ1) is 10.4. The lowest BCUT2D eigenvalue weighted by molar-refractivity contribution is -0.136. The highest BCUT2D eigenvalue weighted by Crippen LogP contribution is 2.34. The number of benzene rings is 2. The van der Waals surface area contributed by atoms with Crippen molar-refractivity contribution in [3.63, 3.8) is 0 Å². The third-order valence-corrected chi connectivity index (χ3v) is 3.05. The van der Waals surface area contributed by atoms with E-state index in [4.69, 9.17) is 0 Å². The molecule has 2 amide bonds. The molecule has 3 nitrogen and oxygen atoms in total. The van der Waals surface area contributed by atoms with Crippen molar-refractivity contribution < 1.29 is 18.0 Å². The van der Waals surface area contributed by atoms with Crippen molar-refractivity contribution in [1.82, 2.24) is 5.32 Å². The highest BCUT2D eigenvalue weighted by molar-refractivity contribution is 5.90. The monoisotopic (exact) mass is 308 g/mol. The molecule has 0 saturated heterocycles. The molecular weight excluding hydrogens is 293 g/mol. The number of carbonyl (C=O) groups excluding carboxylic acids is 1. The standard InChI is InChI=1S/C16H15F3N2O/c1-11-6-8-12(9-7-11)10-20-15(22)21-14-5-3-2-4-13(14)16(17,18)19/h2-9H,10H2,1H3,(H2,20,21,22). The van der Waals surface area contributed by atoms with Crippen LogP contribution in [0.15, 0.2) is 48.5 Å². The van der Waals surface area contributed by atoms with E-state index in [1.165, 1.54) is 18.2 Å². The molecule has 22 heavy (non-hydrogen) atoms. The molecule has 0 radical (unpaired) electrons. The summed E-state index contributed by atoms with van der Waals surface area (Å²) >= 11 is 0. The van der Waals surface area contributed by atoms with E-state index in [0.29, 0.717) is 0 Å². The zero-order valence-electron chi connectivity index (χ0n) is 11.9. The summed E-state index contributed by atoms with van der Waals surface area (Å²) in [7, 11) is 0. The lowest BCUT2D eigenvalue weighted by atomic mass is 10.1. The summed E-state index contributed by atoms with van der Waals surface area (Å²) in [5.74, 6) is 0. The molecule has 0 atom stereocenters. The van der Waals surface area contributed by atoms with Crippen LogP contribution in [0.5, 0.6) is 0 Å². The number of anilines is 1. The van der Waals surface area contributed by atoms with E-state index in [1.54, 1.807) is 0 Å². The second-order valence-corrected chi connectivity index (χ2v) is 4.84. The molecule has 0 saturated carbocycles. The highest BCUT2D eigenvalue weighted by Gasteiger charge is 2.33. The van der Waals surface area contributed by atoms with Gasteiger partial charge in [0, 0.05) is 6.54 Å². The first kappa shape index (κ1) is 15.9. The fourth-order valence-electron chi connectivity index (χ4n) is 1.89. The first-order valence-electron chi connectivity index (χ1n) is 6.63. The zero-order valence-corrected chi connectivity index (χ0v) is 11.9. The van der Waals surface area contributed by atoms with E-state index in [2.05, 4.69) is 10.6 Å². The SMILES string of the molecule is Cc1ccc(CNC(=O)Nc2ccccc2C(F)(F)F)cc1. The average Bonchev–Trinajstić information content (AvgIpc) is 2.46. The van der Waals surface area contributed by atoms with Gasteiger partial charge in [-0.25, -0.2) is 4.79 Å². The number of carbonyl (C=O) groups is 1. The van der Waals surface area contributed by atoms with Gasteiger partial charge in [-0.3, -0.25) is 0 Å². The van der Waals surface area contributed by atoms with Gasteiger partial charge in [0.15, 0.2) is 0 Å². The Labute approximate surface area is 126 Å². The van der Waals surface area contributed by atoms with Crippen molar-refractivity contribution in [2.75, 3.05) is 5.32 Å². The number of alkyl halides is 3. The summed E-state index contributed by atoms with van der Waals surface area (Å²) < 4.78 is 38.4. The molecule has 0 unspecified atom stereocenters. The number of hydrogen-bond acceptors (Lipinski definition) is 1. The fraction of sp³-hybridized carbons (Fsp3) is 0.188. The zero-order chi connectivity index (χ0) is 16.2. The van der Waals surface area contributed by atoms with Crippen LogP contribution in [0, 0.1) is 6.92 Å². The van der Waals surface area contributed by atoms with E-state index >= 15 is 0 Å². The molecule has 0 aliphatic rings. The van der Waals surface area contributed by atoms with Crippen molar-refractivity contribution >= 4 is 11.7 Å². The fourth-order valence-corrected chi connectivity index (χ4v) is 1.89. The van der Waals surface area contributed by atoms with Crippen LogP contribution in [0.25, 0.3) is 0 Å². The predicted molar refractivity (Wildman–Crippen MR) is 78.5 cm³/mol. The molecule has 0 spiro atoms. The Morgan fingerprint density at radius 1 is 1.05 bits per heavy atom. The minimum absolute atomic E-state index is 0.236. The summed E-state index contributed by atoms with van der Waals surface area (Å²) in [6.45, 7) is 2.18. The second kappa shape index (κ2) is 6.51. The number of nitrogens with one attached hydrogen (secondary N) is 2. The lowest BCUT2D eigenvalue weighted by Crippen LogP contribution is -2.29. The molecule has 0 aliphatic carbocycles. The van der Waals surface area contributed by atoms with E-state index in [-0.39, 0.29) is 12.2 Å². The summed E-state index contributed by atoms with van der Waals surface area (Å²) in [5.41, 5.74) is 0.814. The number of para-hydroxylation sites is 1. The lowest BCUT2D eigenvalue weighted by Gasteiger charge is -2.14. The number of aryl methyl sites for hydroxylation is 1. The van der Waals surface area contributed by atoms with Crippen LogP contribution in [-0.2, 0) is 12.7 Å². The van der Waals surface area contributed by atoms with E-state index in [9.17, 15) is 18.0 Å². The molecular formula is C16H15F3N2O. The van der Waals surface area contributed by atoms with Crippen LogP contribution in [-0.4, -0.2) is 6.03 Å². The normalized spacial score (nSPS) is 11.1. The van der Waals surface area contributed by atoms with E-state index in [1.807, 2.05) is 31.2 Å². The number of rotatable bonds is 3.